The zero-order valence-corrected chi connectivity index (χ0v) is 14.3. The van der Waals surface area contributed by atoms with Gasteiger partial charge in [-0.25, -0.2) is 0 Å². The molecule has 124 valence electrons. The molecular weight excluding hydrogens is 274 g/mol. The van der Waals surface area contributed by atoms with Gasteiger partial charge in [-0.05, 0) is 30.7 Å². The first-order valence-electron chi connectivity index (χ1n) is 8.28. The molecule has 0 spiro atoms. The Kier molecular flexibility index (Phi) is 10.1. The molecular formula is C18H31N3O. The Balaban J connectivity index is 2.03. The van der Waals surface area contributed by atoms with Gasteiger partial charge in [-0.3, -0.25) is 4.99 Å². The largest absolute Gasteiger partial charge is 0.380 e. The van der Waals surface area contributed by atoms with Crippen LogP contribution in [0.25, 0.3) is 0 Å². The molecule has 0 heterocycles. The fourth-order valence-electron chi connectivity index (χ4n) is 2.03. The van der Waals surface area contributed by atoms with Crippen molar-refractivity contribution in [3.63, 3.8) is 0 Å². The highest BCUT2D eigenvalue weighted by molar-refractivity contribution is 5.79. The fraction of sp³-hybridized carbons (Fsp3) is 0.611. The molecule has 0 aliphatic heterocycles. The quantitative estimate of drug-likeness (QED) is 0.397. The Hall–Kier alpha value is -1.55. The third kappa shape index (κ3) is 9.40. The van der Waals surface area contributed by atoms with Crippen molar-refractivity contribution in [3.05, 3.63) is 35.9 Å². The summed E-state index contributed by atoms with van der Waals surface area (Å²) in [5.41, 5.74) is 1.38. The summed E-state index contributed by atoms with van der Waals surface area (Å²) in [7, 11) is 1.80. The molecule has 1 aromatic carbocycles. The molecule has 4 heteroatoms. The van der Waals surface area contributed by atoms with Gasteiger partial charge in [-0.15, -0.1) is 0 Å². The number of rotatable bonds is 10. The summed E-state index contributed by atoms with van der Waals surface area (Å²) in [6.07, 6.45) is 3.30. The summed E-state index contributed by atoms with van der Waals surface area (Å²) < 4.78 is 5.58. The van der Waals surface area contributed by atoms with Gasteiger partial charge in [0.05, 0.1) is 6.61 Å². The van der Waals surface area contributed by atoms with E-state index >= 15 is 0 Å². The van der Waals surface area contributed by atoms with Crippen LogP contribution >= 0.6 is 0 Å². The van der Waals surface area contributed by atoms with Crippen LogP contribution in [0.5, 0.6) is 0 Å². The minimum absolute atomic E-state index is 0.701. The van der Waals surface area contributed by atoms with Crippen LogP contribution in [0, 0.1) is 5.92 Å². The zero-order chi connectivity index (χ0) is 16.0. The maximum absolute atomic E-state index is 5.58. The van der Waals surface area contributed by atoms with Crippen molar-refractivity contribution in [2.24, 2.45) is 10.9 Å². The predicted octanol–water partition coefficient (Wildman–Crippen LogP) is 2.85. The second-order valence-electron chi connectivity index (χ2n) is 5.81. The van der Waals surface area contributed by atoms with E-state index < -0.39 is 0 Å². The molecule has 22 heavy (non-hydrogen) atoms. The molecule has 0 fully saturated rings. The van der Waals surface area contributed by atoms with Gasteiger partial charge in [0, 0.05) is 26.7 Å². The van der Waals surface area contributed by atoms with E-state index in [2.05, 4.69) is 59.8 Å². The Morgan fingerprint density at radius 3 is 2.50 bits per heavy atom. The van der Waals surface area contributed by atoms with Crippen LogP contribution in [0.15, 0.2) is 35.3 Å². The van der Waals surface area contributed by atoms with Crippen molar-refractivity contribution in [3.8, 4) is 0 Å². The van der Waals surface area contributed by atoms with Gasteiger partial charge in [0.2, 0.25) is 0 Å². The Morgan fingerprint density at radius 2 is 1.82 bits per heavy atom. The number of guanidine groups is 1. The number of hydrogen-bond acceptors (Lipinski definition) is 2. The summed E-state index contributed by atoms with van der Waals surface area (Å²) in [6.45, 7) is 7.69. The van der Waals surface area contributed by atoms with Gasteiger partial charge in [0.1, 0.15) is 0 Å². The Labute approximate surface area is 135 Å². The molecule has 1 aromatic rings. The smallest absolute Gasteiger partial charge is 0.191 e. The lowest BCUT2D eigenvalue weighted by Gasteiger charge is -2.12. The van der Waals surface area contributed by atoms with Crippen molar-refractivity contribution in [1.82, 2.24) is 10.6 Å². The molecule has 0 aromatic heterocycles. The summed E-state index contributed by atoms with van der Waals surface area (Å²) >= 11 is 0. The standard InChI is InChI=1S/C18H31N3O/c1-16(2)11-14-22-15-13-21-18(19-3)20-12-7-10-17-8-5-4-6-9-17/h4-6,8-9,16H,7,10-15H2,1-3H3,(H2,19,20,21). The predicted molar refractivity (Wildman–Crippen MR) is 94.4 cm³/mol. The highest BCUT2D eigenvalue weighted by Crippen LogP contribution is 2.01. The Bertz CT molecular complexity index is 404. The van der Waals surface area contributed by atoms with Gasteiger partial charge in [0.25, 0.3) is 0 Å². The van der Waals surface area contributed by atoms with Gasteiger partial charge < -0.3 is 15.4 Å². The molecule has 0 saturated heterocycles. The molecule has 0 radical (unpaired) electrons. The van der Waals surface area contributed by atoms with E-state index in [0.717, 1.165) is 51.5 Å². The van der Waals surface area contributed by atoms with E-state index in [-0.39, 0.29) is 0 Å². The minimum atomic E-state index is 0.701. The minimum Gasteiger partial charge on any atom is -0.380 e. The van der Waals surface area contributed by atoms with Gasteiger partial charge >= 0.3 is 0 Å². The monoisotopic (exact) mass is 305 g/mol. The normalized spacial score (nSPS) is 11.7. The first kappa shape index (κ1) is 18.5. The molecule has 0 bridgehead atoms. The van der Waals surface area contributed by atoms with Crippen molar-refractivity contribution in [2.45, 2.75) is 33.1 Å². The van der Waals surface area contributed by atoms with E-state index in [1.807, 2.05) is 0 Å². The summed E-state index contributed by atoms with van der Waals surface area (Å²) in [6, 6.07) is 10.6. The van der Waals surface area contributed by atoms with Crippen molar-refractivity contribution < 1.29 is 4.74 Å². The third-order valence-corrected chi connectivity index (χ3v) is 3.38. The molecule has 4 nitrogen and oxygen atoms in total. The molecule has 0 aliphatic rings. The van der Waals surface area contributed by atoms with Gasteiger partial charge in [0.15, 0.2) is 5.96 Å². The number of hydrogen-bond donors (Lipinski definition) is 2. The number of ether oxygens (including phenoxy) is 1. The number of nitrogens with zero attached hydrogens (tertiary/aromatic N) is 1. The van der Waals surface area contributed by atoms with E-state index in [1.54, 1.807) is 7.05 Å². The molecule has 0 saturated carbocycles. The third-order valence-electron chi connectivity index (χ3n) is 3.38. The molecule has 0 aliphatic carbocycles. The number of aliphatic imine (C=N–C) groups is 1. The molecule has 2 N–H and O–H groups in total. The molecule has 0 unspecified atom stereocenters. The molecule has 1 rings (SSSR count). The Morgan fingerprint density at radius 1 is 1.09 bits per heavy atom. The molecule has 0 amide bonds. The number of aryl methyl sites for hydroxylation is 1. The SMILES string of the molecule is CN=C(NCCCc1ccccc1)NCCOCCC(C)C. The van der Waals surface area contributed by atoms with Crippen molar-refractivity contribution in [1.29, 1.82) is 0 Å². The van der Waals surface area contributed by atoms with Gasteiger partial charge in [-0.1, -0.05) is 44.2 Å². The molecule has 0 atom stereocenters. The van der Waals surface area contributed by atoms with Crippen molar-refractivity contribution in [2.75, 3.05) is 33.4 Å². The average Bonchev–Trinajstić information content (AvgIpc) is 2.53. The van der Waals surface area contributed by atoms with Crippen LogP contribution in [-0.2, 0) is 11.2 Å². The van der Waals surface area contributed by atoms with Crippen LogP contribution in [0.2, 0.25) is 0 Å². The van der Waals surface area contributed by atoms with Crippen LogP contribution < -0.4 is 10.6 Å². The summed E-state index contributed by atoms with van der Waals surface area (Å²) in [5, 5.41) is 6.60. The first-order chi connectivity index (χ1) is 10.7. The van der Waals surface area contributed by atoms with Crippen LogP contribution in [-0.4, -0.2) is 39.3 Å². The zero-order valence-electron chi connectivity index (χ0n) is 14.3. The van der Waals surface area contributed by atoms with E-state index in [1.165, 1.54) is 5.56 Å². The van der Waals surface area contributed by atoms with E-state index in [0.29, 0.717) is 5.92 Å². The first-order valence-corrected chi connectivity index (χ1v) is 8.28. The van der Waals surface area contributed by atoms with Crippen molar-refractivity contribution >= 4 is 5.96 Å². The highest BCUT2D eigenvalue weighted by Gasteiger charge is 1.98. The fourth-order valence-corrected chi connectivity index (χ4v) is 2.03. The van der Waals surface area contributed by atoms with E-state index in [4.69, 9.17) is 4.74 Å². The highest BCUT2D eigenvalue weighted by atomic mass is 16.5. The second kappa shape index (κ2) is 12.0. The van der Waals surface area contributed by atoms with Crippen LogP contribution in [0.1, 0.15) is 32.3 Å². The summed E-state index contributed by atoms with van der Waals surface area (Å²) in [5.74, 6) is 1.55. The van der Waals surface area contributed by atoms with E-state index in [9.17, 15) is 0 Å². The topological polar surface area (TPSA) is 45.7 Å². The average molecular weight is 305 g/mol. The summed E-state index contributed by atoms with van der Waals surface area (Å²) in [4.78, 5) is 4.22. The van der Waals surface area contributed by atoms with Crippen LogP contribution in [0.3, 0.4) is 0 Å². The number of benzene rings is 1. The maximum atomic E-state index is 5.58. The lowest BCUT2D eigenvalue weighted by Crippen LogP contribution is -2.39. The lowest BCUT2D eigenvalue weighted by molar-refractivity contribution is 0.128. The lowest BCUT2D eigenvalue weighted by atomic mass is 10.1. The van der Waals surface area contributed by atoms with Crippen LogP contribution in [0.4, 0.5) is 0 Å². The van der Waals surface area contributed by atoms with Gasteiger partial charge in [-0.2, -0.15) is 0 Å². The second-order valence-corrected chi connectivity index (χ2v) is 5.81. The maximum Gasteiger partial charge on any atom is 0.191 e. The number of nitrogens with one attached hydrogen (secondary N) is 2.